The zero-order valence-corrected chi connectivity index (χ0v) is 9.99. The van der Waals surface area contributed by atoms with Crippen molar-refractivity contribution in [3.63, 3.8) is 0 Å². The van der Waals surface area contributed by atoms with Crippen molar-refractivity contribution in [1.29, 1.82) is 0 Å². The van der Waals surface area contributed by atoms with E-state index in [9.17, 15) is 4.79 Å². The first-order chi connectivity index (χ1) is 7.76. The lowest BCUT2D eigenvalue weighted by molar-refractivity contribution is 0.249. The molecule has 0 unspecified atom stereocenters. The van der Waals surface area contributed by atoms with Gasteiger partial charge in [0.2, 0.25) is 0 Å². The summed E-state index contributed by atoms with van der Waals surface area (Å²) in [6.07, 6.45) is 2.20. The number of hydrogen-bond donors (Lipinski definition) is 2. The molecule has 0 aromatic heterocycles. The maximum absolute atomic E-state index is 11.5. The number of carbonyl (C=O) groups is 1. The number of amides is 2. The van der Waals surface area contributed by atoms with Crippen LogP contribution < -0.4 is 10.6 Å². The van der Waals surface area contributed by atoms with Gasteiger partial charge in [-0.1, -0.05) is 44.9 Å². The highest BCUT2D eigenvalue weighted by Crippen LogP contribution is 2.06. The van der Waals surface area contributed by atoms with Crippen LogP contribution in [0.1, 0.15) is 26.7 Å². The van der Waals surface area contributed by atoms with Gasteiger partial charge in [-0.25, -0.2) is 4.79 Å². The van der Waals surface area contributed by atoms with Gasteiger partial charge in [-0.15, -0.1) is 0 Å². The van der Waals surface area contributed by atoms with E-state index in [-0.39, 0.29) is 6.03 Å². The van der Waals surface area contributed by atoms with E-state index in [2.05, 4.69) is 24.5 Å². The van der Waals surface area contributed by atoms with Crippen LogP contribution in [-0.2, 0) is 0 Å². The maximum atomic E-state index is 11.5. The molecular formula is C13H20N2O. The SMILES string of the molecule is CCC(CC)CNC(=O)Nc1ccccc1. The maximum Gasteiger partial charge on any atom is 0.319 e. The van der Waals surface area contributed by atoms with Gasteiger partial charge < -0.3 is 10.6 Å². The van der Waals surface area contributed by atoms with Crippen LogP contribution in [0, 0.1) is 5.92 Å². The van der Waals surface area contributed by atoms with E-state index in [1.54, 1.807) is 0 Å². The number of carbonyl (C=O) groups excluding carboxylic acids is 1. The number of nitrogens with one attached hydrogen (secondary N) is 2. The van der Waals surface area contributed by atoms with Crippen molar-refractivity contribution in [2.45, 2.75) is 26.7 Å². The largest absolute Gasteiger partial charge is 0.338 e. The summed E-state index contributed by atoms with van der Waals surface area (Å²) >= 11 is 0. The Morgan fingerprint density at radius 1 is 1.19 bits per heavy atom. The summed E-state index contributed by atoms with van der Waals surface area (Å²) in [5, 5.41) is 5.68. The molecule has 0 saturated heterocycles. The smallest absolute Gasteiger partial charge is 0.319 e. The molecule has 0 spiro atoms. The Bertz CT molecular complexity index is 307. The normalized spacial score (nSPS) is 10.2. The summed E-state index contributed by atoms with van der Waals surface area (Å²) in [6.45, 7) is 5.03. The Balaban J connectivity index is 2.31. The van der Waals surface area contributed by atoms with Gasteiger partial charge in [-0.3, -0.25) is 0 Å². The second kappa shape index (κ2) is 6.88. The number of anilines is 1. The second-order valence-electron chi connectivity index (χ2n) is 3.88. The van der Waals surface area contributed by atoms with Crippen LogP contribution in [-0.4, -0.2) is 12.6 Å². The molecule has 0 aliphatic heterocycles. The highest BCUT2D eigenvalue weighted by molar-refractivity contribution is 5.89. The van der Waals surface area contributed by atoms with E-state index in [1.165, 1.54) is 0 Å². The summed E-state index contributed by atoms with van der Waals surface area (Å²) in [5.41, 5.74) is 0.824. The van der Waals surface area contributed by atoms with E-state index in [0.29, 0.717) is 5.92 Å². The lowest BCUT2D eigenvalue weighted by atomic mass is 10.0. The molecule has 88 valence electrons. The third-order valence-corrected chi connectivity index (χ3v) is 2.74. The number of benzene rings is 1. The van der Waals surface area contributed by atoms with Gasteiger partial charge in [0.1, 0.15) is 0 Å². The van der Waals surface area contributed by atoms with Crippen molar-refractivity contribution in [3.8, 4) is 0 Å². The van der Waals surface area contributed by atoms with Crippen LogP contribution in [0.2, 0.25) is 0 Å². The van der Waals surface area contributed by atoms with Crippen molar-refractivity contribution in [2.24, 2.45) is 5.92 Å². The Labute approximate surface area is 97.2 Å². The average Bonchev–Trinajstić information content (AvgIpc) is 2.31. The number of hydrogen-bond acceptors (Lipinski definition) is 1. The average molecular weight is 220 g/mol. The molecule has 2 N–H and O–H groups in total. The first-order valence-corrected chi connectivity index (χ1v) is 5.86. The Morgan fingerprint density at radius 3 is 2.38 bits per heavy atom. The highest BCUT2D eigenvalue weighted by atomic mass is 16.2. The summed E-state index contributed by atoms with van der Waals surface area (Å²) in [5.74, 6) is 0.571. The quantitative estimate of drug-likeness (QED) is 0.785. The van der Waals surface area contributed by atoms with Crippen LogP contribution in [0.4, 0.5) is 10.5 Å². The minimum Gasteiger partial charge on any atom is -0.338 e. The fourth-order valence-corrected chi connectivity index (χ4v) is 1.51. The molecule has 0 fully saturated rings. The zero-order valence-electron chi connectivity index (χ0n) is 9.99. The molecule has 3 heteroatoms. The van der Waals surface area contributed by atoms with Crippen molar-refractivity contribution in [2.75, 3.05) is 11.9 Å². The predicted octanol–water partition coefficient (Wildman–Crippen LogP) is 3.24. The van der Waals surface area contributed by atoms with E-state index in [4.69, 9.17) is 0 Å². The molecule has 0 atom stereocenters. The molecule has 1 aromatic carbocycles. The van der Waals surface area contributed by atoms with E-state index >= 15 is 0 Å². The summed E-state index contributed by atoms with van der Waals surface area (Å²) < 4.78 is 0. The molecule has 1 aromatic rings. The Hall–Kier alpha value is -1.51. The van der Waals surface area contributed by atoms with E-state index in [0.717, 1.165) is 25.1 Å². The highest BCUT2D eigenvalue weighted by Gasteiger charge is 2.05. The monoisotopic (exact) mass is 220 g/mol. The number of para-hydroxylation sites is 1. The van der Waals surface area contributed by atoms with E-state index in [1.807, 2.05) is 30.3 Å². The molecule has 1 rings (SSSR count). The Kier molecular flexibility index (Phi) is 5.40. The first kappa shape index (κ1) is 12.6. The van der Waals surface area contributed by atoms with Crippen molar-refractivity contribution >= 4 is 11.7 Å². The number of urea groups is 1. The van der Waals surface area contributed by atoms with Crippen LogP contribution in [0.15, 0.2) is 30.3 Å². The van der Waals surface area contributed by atoms with Crippen LogP contribution in [0.25, 0.3) is 0 Å². The van der Waals surface area contributed by atoms with Gasteiger partial charge in [0, 0.05) is 12.2 Å². The van der Waals surface area contributed by atoms with Crippen molar-refractivity contribution < 1.29 is 4.79 Å². The number of rotatable bonds is 5. The molecule has 2 amide bonds. The summed E-state index contributed by atoms with van der Waals surface area (Å²) in [7, 11) is 0. The van der Waals surface area contributed by atoms with Gasteiger partial charge in [-0.2, -0.15) is 0 Å². The lowest BCUT2D eigenvalue weighted by Gasteiger charge is -2.13. The standard InChI is InChI=1S/C13H20N2O/c1-3-11(4-2)10-14-13(16)15-12-8-6-5-7-9-12/h5-9,11H,3-4,10H2,1-2H3,(H2,14,15,16). The molecule has 0 aliphatic carbocycles. The molecule has 0 radical (unpaired) electrons. The topological polar surface area (TPSA) is 41.1 Å². The fourth-order valence-electron chi connectivity index (χ4n) is 1.51. The zero-order chi connectivity index (χ0) is 11.8. The van der Waals surface area contributed by atoms with Crippen molar-refractivity contribution in [3.05, 3.63) is 30.3 Å². The fraction of sp³-hybridized carbons (Fsp3) is 0.462. The molecule has 0 bridgehead atoms. The molecule has 0 aliphatic rings. The first-order valence-electron chi connectivity index (χ1n) is 5.86. The molecule has 16 heavy (non-hydrogen) atoms. The van der Waals surface area contributed by atoms with Crippen LogP contribution >= 0.6 is 0 Å². The minimum absolute atomic E-state index is 0.127. The molecule has 0 saturated carbocycles. The summed E-state index contributed by atoms with van der Waals surface area (Å²) in [6, 6.07) is 9.34. The second-order valence-corrected chi connectivity index (χ2v) is 3.88. The molecule has 3 nitrogen and oxygen atoms in total. The third-order valence-electron chi connectivity index (χ3n) is 2.74. The minimum atomic E-state index is -0.127. The summed E-state index contributed by atoms with van der Waals surface area (Å²) in [4.78, 5) is 11.5. The van der Waals surface area contributed by atoms with Crippen LogP contribution in [0.5, 0.6) is 0 Å². The van der Waals surface area contributed by atoms with Crippen molar-refractivity contribution in [1.82, 2.24) is 5.32 Å². The van der Waals surface area contributed by atoms with E-state index < -0.39 is 0 Å². The Morgan fingerprint density at radius 2 is 1.81 bits per heavy atom. The molecule has 0 heterocycles. The van der Waals surface area contributed by atoms with Gasteiger partial charge in [0.25, 0.3) is 0 Å². The lowest BCUT2D eigenvalue weighted by Crippen LogP contribution is -2.32. The third kappa shape index (κ3) is 4.34. The predicted molar refractivity (Wildman–Crippen MR) is 67.5 cm³/mol. The van der Waals surface area contributed by atoms with Gasteiger partial charge in [-0.05, 0) is 18.1 Å². The van der Waals surface area contributed by atoms with Gasteiger partial charge in [0.05, 0.1) is 0 Å². The van der Waals surface area contributed by atoms with Gasteiger partial charge in [0.15, 0.2) is 0 Å². The van der Waals surface area contributed by atoms with Gasteiger partial charge >= 0.3 is 6.03 Å². The molecular weight excluding hydrogens is 200 g/mol. The van der Waals surface area contributed by atoms with Crippen LogP contribution in [0.3, 0.4) is 0 Å².